The molecule has 22 heavy (non-hydrogen) atoms. The summed E-state index contributed by atoms with van der Waals surface area (Å²) in [6.07, 6.45) is 0. The Bertz CT molecular complexity index is 603. The van der Waals surface area contributed by atoms with Crippen LogP contribution in [0.15, 0.2) is 54.6 Å². The zero-order valence-corrected chi connectivity index (χ0v) is 14.0. The van der Waals surface area contributed by atoms with Crippen LogP contribution in [0.3, 0.4) is 0 Å². The second-order valence-electron chi connectivity index (χ2n) is 6.31. The quantitative estimate of drug-likeness (QED) is 0.833. The highest BCUT2D eigenvalue weighted by atomic mass is 35.5. The standard InChI is InChI=1S/C18H22N2O.ClH/c1-18(2,3)16(13-7-5-4-6-8-13)20-17(21)14-9-11-15(19)12-10-14;/h4-12,16H,19H2,1-3H3,(H,20,21);1H. The third-order valence-electron chi connectivity index (χ3n) is 3.45. The highest BCUT2D eigenvalue weighted by molar-refractivity contribution is 5.94. The van der Waals surface area contributed by atoms with Gasteiger partial charge in [-0.2, -0.15) is 0 Å². The molecule has 0 fully saturated rings. The third kappa shape index (κ3) is 4.50. The molecule has 0 radical (unpaired) electrons. The molecule has 0 heterocycles. The molecule has 0 aromatic heterocycles. The molecule has 0 aliphatic carbocycles. The van der Waals surface area contributed by atoms with E-state index in [4.69, 9.17) is 5.73 Å². The van der Waals surface area contributed by atoms with Crippen molar-refractivity contribution in [1.29, 1.82) is 0 Å². The summed E-state index contributed by atoms with van der Waals surface area (Å²) >= 11 is 0. The number of halogens is 1. The minimum Gasteiger partial charge on any atom is -0.399 e. The maximum absolute atomic E-state index is 12.4. The van der Waals surface area contributed by atoms with E-state index in [9.17, 15) is 4.79 Å². The van der Waals surface area contributed by atoms with Gasteiger partial charge in [-0.15, -0.1) is 12.4 Å². The van der Waals surface area contributed by atoms with Crippen molar-refractivity contribution in [1.82, 2.24) is 5.32 Å². The largest absolute Gasteiger partial charge is 0.399 e. The lowest BCUT2D eigenvalue weighted by molar-refractivity contribution is 0.0902. The van der Waals surface area contributed by atoms with Gasteiger partial charge in [0.15, 0.2) is 0 Å². The molecule has 0 spiro atoms. The fraction of sp³-hybridized carbons (Fsp3) is 0.278. The smallest absolute Gasteiger partial charge is 0.251 e. The number of benzene rings is 2. The molecule has 2 aromatic carbocycles. The zero-order valence-electron chi connectivity index (χ0n) is 13.2. The molecular formula is C18H23ClN2O. The first-order chi connectivity index (χ1) is 9.88. The number of carbonyl (C=O) groups is 1. The summed E-state index contributed by atoms with van der Waals surface area (Å²) in [5.74, 6) is -0.0845. The molecule has 0 bridgehead atoms. The number of amides is 1. The third-order valence-corrected chi connectivity index (χ3v) is 3.45. The van der Waals surface area contributed by atoms with E-state index in [-0.39, 0.29) is 29.8 Å². The summed E-state index contributed by atoms with van der Waals surface area (Å²) in [4.78, 5) is 12.4. The predicted octanol–water partition coefficient (Wildman–Crippen LogP) is 4.21. The topological polar surface area (TPSA) is 55.1 Å². The molecule has 3 N–H and O–H groups in total. The van der Waals surface area contributed by atoms with Crippen molar-refractivity contribution >= 4 is 24.0 Å². The highest BCUT2D eigenvalue weighted by Gasteiger charge is 2.27. The van der Waals surface area contributed by atoms with Crippen LogP contribution in [0, 0.1) is 5.41 Å². The Hall–Kier alpha value is -2.00. The average molecular weight is 319 g/mol. The van der Waals surface area contributed by atoms with Crippen LogP contribution in [-0.2, 0) is 0 Å². The van der Waals surface area contributed by atoms with E-state index >= 15 is 0 Å². The Balaban J connectivity index is 0.00000242. The second-order valence-corrected chi connectivity index (χ2v) is 6.31. The normalized spacial score (nSPS) is 12.1. The highest BCUT2D eigenvalue weighted by Crippen LogP contribution is 2.32. The Morgan fingerprint density at radius 2 is 1.55 bits per heavy atom. The Morgan fingerprint density at radius 1 is 1.00 bits per heavy atom. The van der Waals surface area contributed by atoms with E-state index in [1.807, 2.05) is 30.3 Å². The van der Waals surface area contributed by atoms with Crippen LogP contribution in [0.1, 0.15) is 42.7 Å². The maximum atomic E-state index is 12.4. The van der Waals surface area contributed by atoms with Crippen molar-refractivity contribution in [3.63, 3.8) is 0 Å². The summed E-state index contributed by atoms with van der Waals surface area (Å²) in [5, 5.41) is 3.13. The van der Waals surface area contributed by atoms with Crippen LogP contribution in [0.25, 0.3) is 0 Å². The van der Waals surface area contributed by atoms with Gasteiger partial charge in [0.1, 0.15) is 0 Å². The molecule has 2 rings (SSSR count). The van der Waals surface area contributed by atoms with Gasteiger partial charge in [-0.3, -0.25) is 4.79 Å². The summed E-state index contributed by atoms with van der Waals surface area (Å²) in [6, 6.07) is 17.0. The van der Waals surface area contributed by atoms with E-state index in [1.165, 1.54) is 0 Å². The molecule has 118 valence electrons. The second kappa shape index (κ2) is 7.32. The lowest BCUT2D eigenvalue weighted by Gasteiger charge is -2.32. The minimum atomic E-state index is -0.0845. The van der Waals surface area contributed by atoms with Crippen LogP contribution in [0.5, 0.6) is 0 Å². The first-order valence-corrected chi connectivity index (χ1v) is 7.09. The van der Waals surface area contributed by atoms with Gasteiger partial charge in [-0.05, 0) is 35.2 Å². The van der Waals surface area contributed by atoms with Gasteiger partial charge in [-0.25, -0.2) is 0 Å². The Labute approximate surface area is 138 Å². The fourth-order valence-corrected chi connectivity index (χ4v) is 2.29. The number of nitrogen functional groups attached to an aromatic ring is 1. The van der Waals surface area contributed by atoms with Gasteiger partial charge >= 0.3 is 0 Å². The fourth-order valence-electron chi connectivity index (χ4n) is 2.29. The van der Waals surface area contributed by atoms with Crippen molar-refractivity contribution in [2.75, 3.05) is 5.73 Å². The van der Waals surface area contributed by atoms with Gasteiger partial charge in [0, 0.05) is 11.3 Å². The average Bonchev–Trinajstić information content (AvgIpc) is 2.45. The maximum Gasteiger partial charge on any atom is 0.251 e. The minimum absolute atomic E-state index is 0. The summed E-state index contributed by atoms with van der Waals surface area (Å²) < 4.78 is 0. The molecule has 1 amide bonds. The first-order valence-electron chi connectivity index (χ1n) is 7.09. The van der Waals surface area contributed by atoms with Crippen molar-refractivity contribution in [2.24, 2.45) is 5.41 Å². The number of nitrogens with one attached hydrogen (secondary N) is 1. The van der Waals surface area contributed by atoms with E-state index in [1.54, 1.807) is 24.3 Å². The molecule has 0 saturated carbocycles. The lowest BCUT2D eigenvalue weighted by atomic mass is 9.82. The monoisotopic (exact) mass is 318 g/mol. The van der Waals surface area contributed by atoms with Gasteiger partial charge < -0.3 is 11.1 Å². The van der Waals surface area contributed by atoms with E-state index in [0.717, 1.165) is 5.56 Å². The SMILES string of the molecule is CC(C)(C)C(NC(=O)c1ccc(N)cc1)c1ccccc1.Cl. The van der Waals surface area contributed by atoms with Crippen LogP contribution in [0.4, 0.5) is 5.69 Å². The number of nitrogens with two attached hydrogens (primary N) is 1. The Kier molecular flexibility index (Phi) is 6.01. The number of hydrogen-bond acceptors (Lipinski definition) is 2. The van der Waals surface area contributed by atoms with Crippen molar-refractivity contribution < 1.29 is 4.79 Å². The summed E-state index contributed by atoms with van der Waals surface area (Å²) in [6.45, 7) is 6.36. The van der Waals surface area contributed by atoms with Crippen LogP contribution in [0.2, 0.25) is 0 Å². The molecule has 0 aliphatic heterocycles. The van der Waals surface area contributed by atoms with Crippen LogP contribution in [-0.4, -0.2) is 5.91 Å². The molecule has 1 atom stereocenters. The van der Waals surface area contributed by atoms with Gasteiger partial charge in [0.2, 0.25) is 0 Å². The number of rotatable bonds is 3. The van der Waals surface area contributed by atoms with Crippen molar-refractivity contribution in [3.05, 3.63) is 65.7 Å². The molecule has 1 unspecified atom stereocenters. The number of anilines is 1. The van der Waals surface area contributed by atoms with Crippen molar-refractivity contribution in [2.45, 2.75) is 26.8 Å². The van der Waals surface area contributed by atoms with E-state index in [0.29, 0.717) is 11.3 Å². The van der Waals surface area contributed by atoms with E-state index in [2.05, 4.69) is 26.1 Å². The molecule has 0 aliphatic rings. The first kappa shape index (κ1) is 18.1. The number of hydrogen-bond donors (Lipinski definition) is 2. The Morgan fingerprint density at radius 3 is 2.05 bits per heavy atom. The summed E-state index contributed by atoms with van der Waals surface area (Å²) in [5.41, 5.74) is 7.96. The van der Waals surface area contributed by atoms with E-state index < -0.39 is 0 Å². The molecule has 0 saturated heterocycles. The van der Waals surface area contributed by atoms with Crippen molar-refractivity contribution in [3.8, 4) is 0 Å². The number of carbonyl (C=O) groups excluding carboxylic acids is 1. The predicted molar refractivity (Wildman–Crippen MR) is 94.2 cm³/mol. The van der Waals surface area contributed by atoms with Gasteiger partial charge in [-0.1, -0.05) is 51.1 Å². The van der Waals surface area contributed by atoms with Crippen LogP contribution < -0.4 is 11.1 Å². The molecule has 2 aromatic rings. The lowest BCUT2D eigenvalue weighted by Crippen LogP contribution is -2.36. The summed E-state index contributed by atoms with van der Waals surface area (Å²) in [7, 11) is 0. The molecule has 4 heteroatoms. The van der Waals surface area contributed by atoms with Crippen LogP contribution >= 0.6 is 12.4 Å². The molecular weight excluding hydrogens is 296 g/mol. The van der Waals surface area contributed by atoms with Gasteiger partial charge in [0.05, 0.1) is 6.04 Å². The zero-order chi connectivity index (χ0) is 15.5. The van der Waals surface area contributed by atoms with Gasteiger partial charge in [0.25, 0.3) is 5.91 Å². The molecule has 3 nitrogen and oxygen atoms in total.